The maximum absolute atomic E-state index is 14.1. The minimum atomic E-state index is -1.15. The lowest BCUT2D eigenvalue weighted by Crippen LogP contribution is -2.61. The summed E-state index contributed by atoms with van der Waals surface area (Å²) in [6.45, 7) is 9.29. The largest absolute Gasteiger partial charge is 0.363 e. The highest BCUT2D eigenvalue weighted by Crippen LogP contribution is 2.65. The molecule has 228 valence electrons. The van der Waals surface area contributed by atoms with E-state index in [1.807, 2.05) is 40.7 Å². The van der Waals surface area contributed by atoms with Gasteiger partial charge >= 0.3 is 6.03 Å². The maximum Gasteiger partial charge on any atom is 0.316 e. The number of nitrogens with two attached hydrogens (primary N) is 1. The first-order valence-corrected chi connectivity index (χ1v) is 14.7. The number of primary amides is 1. The molecule has 1 aromatic rings. The summed E-state index contributed by atoms with van der Waals surface area (Å²) >= 11 is 0. The van der Waals surface area contributed by atoms with Gasteiger partial charge in [-0.15, -0.1) is 0 Å². The van der Waals surface area contributed by atoms with E-state index in [1.54, 1.807) is 24.3 Å². The fraction of sp³-hybridized carbons (Fsp3) is 0.613. The third kappa shape index (κ3) is 6.34. The number of nitrogens with zero attached hydrogens (tertiary/aromatic N) is 1. The van der Waals surface area contributed by atoms with Crippen LogP contribution in [0.5, 0.6) is 0 Å². The van der Waals surface area contributed by atoms with Gasteiger partial charge in [0.1, 0.15) is 12.1 Å². The normalized spacial score (nSPS) is 24.2. The van der Waals surface area contributed by atoms with E-state index in [1.165, 1.54) is 4.90 Å². The van der Waals surface area contributed by atoms with E-state index in [0.717, 1.165) is 25.7 Å². The van der Waals surface area contributed by atoms with E-state index < -0.39 is 59.6 Å². The number of rotatable bonds is 10. The molecule has 1 aromatic carbocycles. The van der Waals surface area contributed by atoms with Gasteiger partial charge in [0.05, 0.1) is 12.6 Å². The van der Waals surface area contributed by atoms with E-state index in [2.05, 4.69) is 16.0 Å². The molecule has 1 aliphatic heterocycles. The molecule has 2 saturated carbocycles. The third-order valence-corrected chi connectivity index (χ3v) is 9.35. The van der Waals surface area contributed by atoms with Gasteiger partial charge in [-0.3, -0.25) is 24.0 Å². The highest BCUT2D eigenvalue weighted by molar-refractivity contribution is 6.36. The molecule has 4 rings (SSSR count). The molecule has 0 bridgehead atoms. The Morgan fingerprint density at radius 3 is 2.19 bits per heavy atom. The number of Topliss-reactive ketones (excluding diaryl/α,β-unsaturated/α-hetero) is 2. The number of hydrogen-bond donors (Lipinski definition) is 4. The highest BCUT2D eigenvalue weighted by atomic mass is 16.2. The van der Waals surface area contributed by atoms with Crippen molar-refractivity contribution in [3.8, 4) is 0 Å². The van der Waals surface area contributed by atoms with Crippen molar-refractivity contribution in [1.29, 1.82) is 0 Å². The molecule has 0 aromatic heterocycles. The Labute approximate surface area is 246 Å². The van der Waals surface area contributed by atoms with Crippen molar-refractivity contribution >= 4 is 35.3 Å². The topological polar surface area (TPSA) is 168 Å². The smallest absolute Gasteiger partial charge is 0.316 e. The summed E-state index contributed by atoms with van der Waals surface area (Å²) in [7, 11) is 0. The summed E-state index contributed by atoms with van der Waals surface area (Å²) < 4.78 is 0. The van der Waals surface area contributed by atoms with Crippen LogP contribution in [-0.2, 0) is 19.2 Å². The molecule has 11 nitrogen and oxygen atoms in total. The van der Waals surface area contributed by atoms with Gasteiger partial charge in [0.25, 0.3) is 5.91 Å². The Hall–Kier alpha value is -3.76. The molecule has 3 aliphatic rings. The third-order valence-electron chi connectivity index (χ3n) is 9.35. The van der Waals surface area contributed by atoms with Crippen LogP contribution in [0, 0.1) is 28.6 Å². The van der Waals surface area contributed by atoms with Crippen molar-refractivity contribution in [2.24, 2.45) is 34.3 Å². The van der Waals surface area contributed by atoms with Crippen LogP contribution >= 0.6 is 0 Å². The number of ketones is 2. The van der Waals surface area contributed by atoms with Gasteiger partial charge in [-0.25, -0.2) is 4.79 Å². The van der Waals surface area contributed by atoms with Crippen molar-refractivity contribution in [2.75, 3.05) is 13.1 Å². The van der Waals surface area contributed by atoms with Gasteiger partial charge in [0.2, 0.25) is 17.6 Å². The van der Waals surface area contributed by atoms with Crippen LogP contribution < -0.4 is 21.7 Å². The number of nitrogens with one attached hydrogen (secondary N) is 3. The second kappa shape index (κ2) is 11.9. The first-order chi connectivity index (χ1) is 19.6. The van der Waals surface area contributed by atoms with Crippen LogP contribution in [-0.4, -0.2) is 71.4 Å². The zero-order valence-electron chi connectivity index (χ0n) is 25.1. The minimum absolute atomic E-state index is 0.00337. The van der Waals surface area contributed by atoms with Gasteiger partial charge in [0.15, 0.2) is 5.78 Å². The monoisotopic (exact) mass is 581 g/mol. The van der Waals surface area contributed by atoms with Crippen molar-refractivity contribution in [3.05, 3.63) is 35.9 Å². The Balaban J connectivity index is 1.51. The summed E-state index contributed by atoms with van der Waals surface area (Å²) in [5.74, 6) is -3.26. The molecule has 0 unspecified atom stereocenters. The maximum atomic E-state index is 14.1. The summed E-state index contributed by atoms with van der Waals surface area (Å²) in [6.07, 6.45) is 3.62. The molecule has 5 atom stereocenters. The number of carbonyl (C=O) groups excluding carboxylic acids is 6. The van der Waals surface area contributed by atoms with E-state index in [-0.39, 0.29) is 29.0 Å². The Morgan fingerprint density at radius 2 is 1.62 bits per heavy atom. The number of benzene rings is 1. The first-order valence-electron chi connectivity index (χ1n) is 14.7. The van der Waals surface area contributed by atoms with Crippen LogP contribution in [0.1, 0.15) is 70.7 Å². The number of fused-ring (bicyclic) bond motifs is 1. The predicted molar refractivity (Wildman–Crippen MR) is 155 cm³/mol. The second-order valence-corrected chi connectivity index (χ2v) is 13.6. The van der Waals surface area contributed by atoms with Crippen molar-refractivity contribution in [2.45, 2.75) is 78.4 Å². The van der Waals surface area contributed by atoms with Crippen LogP contribution in [0.4, 0.5) is 4.79 Å². The lowest BCUT2D eigenvalue weighted by Gasteiger charge is -2.38. The fourth-order valence-electron chi connectivity index (χ4n) is 6.77. The Morgan fingerprint density at radius 1 is 1.00 bits per heavy atom. The van der Waals surface area contributed by atoms with Crippen LogP contribution in [0.3, 0.4) is 0 Å². The molecule has 0 spiro atoms. The molecule has 1 heterocycles. The van der Waals surface area contributed by atoms with Crippen molar-refractivity contribution in [3.63, 3.8) is 0 Å². The van der Waals surface area contributed by atoms with Gasteiger partial charge in [-0.1, -0.05) is 77.8 Å². The molecule has 2 aliphatic carbocycles. The standard InChI is InChI=1S/C31H43N5O6/c1-30(2,3)25(35-29(42)34-22(17-11-9-10-12-17)24(38)18-13-7-6-8-14-18)28(41)36-16-19-21(31(19,4)5)23(36)27(40)33-15-20(37)26(32)39/h6-8,13-14,17,19,21-23,25H,9-12,15-16H2,1-5H3,(H2,32,39)(H,33,40)(H2,34,35,42)/t19-,21-,22-,23-,25+/m0/s1. The summed E-state index contributed by atoms with van der Waals surface area (Å²) in [4.78, 5) is 78.6. The summed E-state index contributed by atoms with van der Waals surface area (Å²) in [5.41, 5.74) is 4.62. The zero-order valence-corrected chi connectivity index (χ0v) is 25.1. The molecule has 42 heavy (non-hydrogen) atoms. The highest BCUT2D eigenvalue weighted by Gasteiger charge is 2.69. The molecule has 0 radical (unpaired) electrons. The zero-order chi connectivity index (χ0) is 31.0. The van der Waals surface area contributed by atoms with Gasteiger partial charge in [-0.05, 0) is 41.4 Å². The lowest BCUT2D eigenvalue weighted by atomic mass is 9.85. The van der Waals surface area contributed by atoms with Gasteiger partial charge in [-0.2, -0.15) is 0 Å². The fourth-order valence-corrected chi connectivity index (χ4v) is 6.77. The number of urea groups is 1. The van der Waals surface area contributed by atoms with E-state index in [4.69, 9.17) is 5.73 Å². The molecule has 11 heteroatoms. The van der Waals surface area contributed by atoms with Crippen molar-refractivity contribution in [1.82, 2.24) is 20.9 Å². The summed E-state index contributed by atoms with van der Waals surface area (Å²) in [6, 6.07) is 5.64. The Kier molecular flexibility index (Phi) is 8.80. The van der Waals surface area contributed by atoms with Crippen LogP contribution in [0.2, 0.25) is 0 Å². The SMILES string of the molecule is CC(C)(C)[C@H](NC(=O)N[C@H](C(=O)c1ccccc1)C1CCCC1)C(=O)N1C[C@H]2[C@@H]([C@H]1C(=O)NCC(=O)C(N)=O)C2(C)C. The number of carbonyl (C=O) groups is 6. The number of piperidine rings is 1. The number of amides is 5. The second-order valence-electron chi connectivity index (χ2n) is 13.6. The Bertz CT molecular complexity index is 1250. The minimum Gasteiger partial charge on any atom is -0.363 e. The molecular formula is C31H43N5O6. The first kappa shape index (κ1) is 31.2. The van der Waals surface area contributed by atoms with Crippen molar-refractivity contribution < 1.29 is 28.8 Å². The quantitative estimate of drug-likeness (QED) is 0.243. The van der Waals surface area contributed by atoms with Crippen LogP contribution in [0.25, 0.3) is 0 Å². The molecule has 5 amide bonds. The molecule has 3 fully saturated rings. The van der Waals surface area contributed by atoms with Crippen LogP contribution in [0.15, 0.2) is 30.3 Å². The molecular weight excluding hydrogens is 538 g/mol. The van der Waals surface area contributed by atoms with E-state index >= 15 is 0 Å². The predicted octanol–water partition coefficient (Wildman–Crippen LogP) is 1.80. The molecule has 5 N–H and O–H groups in total. The van der Waals surface area contributed by atoms with E-state index in [9.17, 15) is 28.8 Å². The number of likely N-dealkylation sites (tertiary alicyclic amines) is 1. The molecule has 1 saturated heterocycles. The average Bonchev–Trinajstić information content (AvgIpc) is 3.38. The lowest BCUT2D eigenvalue weighted by molar-refractivity contribution is -0.144. The van der Waals surface area contributed by atoms with E-state index in [0.29, 0.717) is 12.1 Å². The average molecular weight is 582 g/mol. The van der Waals surface area contributed by atoms with Gasteiger partial charge < -0.3 is 26.6 Å². The summed E-state index contributed by atoms with van der Waals surface area (Å²) in [5, 5.41) is 8.18. The van der Waals surface area contributed by atoms with Gasteiger partial charge in [0, 0.05) is 12.1 Å². The number of hydrogen-bond acceptors (Lipinski definition) is 6.